The minimum absolute atomic E-state index is 0.300. The van der Waals surface area contributed by atoms with Gasteiger partial charge in [0.05, 0.1) is 24.2 Å². The highest BCUT2D eigenvalue weighted by Gasteiger charge is 2.15. The summed E-state index contributed by atoms with van der Waals surface area (Å²) in [5.74, 6) is -0.300. The number of aliphatic imine (C=N–C) groups is 1. The molecule has 1 aromatic rings. The lowest BCUT2D eigenvalue weighted by atomic mass is 10.1. The average Bonchev–Trinajstić information content (AvgIpc) is 2.40. The molecule has 0 spiro atoms. The van der Waals surface area contributed by atoms with E-state index < -0.39 is 0 Å². The Labute approximate surface area is 100 Å². The van der Waals surface area contributed by atoms with Crippen LogP contribution in [0.3, 0.4) is 0 Å². The van der Waals surface area contributed by atoms with Crippen LogP contribution < -0.4 is 4.90 Å². The van der Waals surface area contributed by atoms with Crippen molar-refractivity contribution >= 4 is 18.0 Å². The van der Waals surface area contributed by atoms with E-state index in [4.69, 9.17) is 4.74 Å². The predicted molar refractivity (Wildman–Crippen MR) is 67.4 cm³/mol. The first kappa shape index (κ1) is 11.4. The van der Waals surface area contributed by atoms with Crippen LogP contribution in [0.4, 0.5) is 5.69 Å². The molecular weight excluding hydrogens is 216 g/mol. The molecule has 1 heterocycles. The summed E-state index contributed by atoms with van der Waals surface area (Å²) in [5, 5.41) is 0. The van der Waals surface area contributed by atoms with Crippen molar-refractivity contribution in [2.24, 2.45) is 4.99 Å². The van der Waals surface area contributed by atoms with Gasteiger partial charge in [-0.05, 0) is 25.1 Å². The van der Waals surface area contributed by atoms with E-state index in [2.05, 4.69) is 4.99 Å². The molecule has 0 atom stereocenters. The molecule has 0 aromatic heterocycles. The lowest BCUT2D eigenvalue weighted by Crippen LogP contribution is -2.25. The van der Waals surface area contributed by atoms with Crippen LogP contribution in [0.5, 0.6) is 0 Å². The number of carbonyl (C=O) groups excluding carboxylic acids is 1. The number of ether oxygens (including phenoxy) is 1. The van der Waals surface area contributed by atoms with Gasteiger partial charge in [0.15, 0.2) is 0 Å². The van der Waals surface area contributed by atoms with Crippen molar-refractivity contribution in [3.05, 3.63) is 42.1 Å². The lowest BCUT2D eigenvalue weighted by molar-refractivity contribution is 0.0527. The molecule has 0 fully saturated rings. The topological polar surface area (TPSA) is 41.9 Å². The highest BCUT2D eigenvalue weighted by molar-refractivity contribution is 5.99. The summed E-state index contributed by atoms with van der Waals surface area (Å²) < 4.78 is 5.03. The Morgan fingerprint density at radius 1 is 1.47 bits per heavy atom. The molecule has 0 aliphatic carbocycles. The maximum atomic E-state index is 11.8. The molecule has 0 saturated heterocycles. The van der Waals surface area contributed by atoms with Crippen LogP contribution in [0, 0.1) is 0 Å². The zero-order chi connectivity index (χ0) is 12.1. The summed E-state index contributed by atoms with van der Waals surface area (Å²) in [4.78, 5) is 17.8. The van der Waals surface area contributed by atoms with Crippen molar-refractivity contribution in [1.82, 2.24) is 0 Å². The molecule has 17 heavy (non-hydrogen) atoms. The third-order valence-corrected chi connectivity index (χ3v) is 2.41. The van der Waals surface area contributed by atoms with E-state index in [0.717, 1.165) is 5.69 Å². The molecule has 0 unspecified atom stereocenters. The number of nitrogens with zero attached hydrogens (tertiary/aromatic N) is 2. The fourth-order valence-electron chi connectivity index (χ4n) is 1.65. The van der Waals surface area contributed by atoms with Crippen LogP contribution in [0.1, 0.15) is 17.3 Å². The highest BCUT2D eigenvalue weighted by atomic mass is 16.5. The number of benzene rings is 1. The second-order valence-corrected chi connectivity index (χ2v) is 3.54. The summed E-state index contributed by atoms with van der Waals surface area (Å²) >= 11 is 0. The first-order chi connectivity index (χ1) is 8.33. The number of para-hydroxylation sites is 1. The highest BCUT2D eigenvalue weighted by Crippen LogP contribution is 2.21. The zero-order valence-electron chi connectivity index (χ0n) is 9.67. The van der Waals surface area contributed by atoms with Gasteiger partial charge < -0.3 is 9.64 Å². The monoisotopic (exact) mass is 230 g/mol. The summed E-state index contributed by atoms with van der Waals surface area (Å²) in [6, 6.07) is 7.37. The van der Waals surface area contributed by atoms with Crippen molar-refractivity contribution in [2.45, 2.75) is 6.92 Å². The van der Waals surface area contributed by atoms with Crippen LogP contribution in [0.15, 0.2) is 41.5 Å². The molecule has 4 nitrogen and oxygen atoms in total. The maximum absolute atomic E-state index is 11.8. The number of carbonyl (C=O) groups is 1. The fourth-order valence-corrected chi connectivity index (χ4v) is 1.65. The Morgan fingerprint density at radius 3 is 3.00 bits per heavy atom. The molecule has 0 N–H and O–H groups in total. The summed E-state index contributed by atoms with van der Waals surface area (Å²) in [5.41, 5.74) is 1.38. The van der Waals surface area contributed by atoms with Crippen LogP contribution in [0.2, 0.25) is 0 Å². The van der Waals surface area contributed by atoms with Gasteiger partial charge >= 0.3 is 5.97 Å². The fraction of sp³-hybridized carbons (Fsp3) is 0.231. The summed E-state index contributed by atoms with van der Waals surface area (Å²) in [7, 11) is 0. The van der Waals surface area contributed by atoms with Crippen LogP contribution in [0.25, 0.3) is 0 Å². The van der Waals surface area contributed by atoms with E-state index >= 15 is 0 Å². The standard InChI is InChI=1S/C13H14N2O2/c1-2-17-13(16)11-6-3-4-7-12(11)15-9-5-8-14-10-15/h3-8,10H,2,9H2,1H3. The van der Waals surface area contributed by atoms with Crippen molar-refractivity contribution in [2.75, 3.05) is 18.1 Å². The van der Waals surface area contributed by atoms with E-state index in [9.17, 15) is 4.79 Å². The molecule has 0 saturated carbocycles. The van der Waals surface area contributed by atoms with Crippen molar-refractivity contribution in [3.8, 4) is 0 Å². The number of anilines is 1. The predicted octanol–water partition coefficient (Wildman–Crippen LogP) is 2.23. The molecular formula is C13H14N2O2. The number of hydrogen-bond donors (Lipinski definition) is 0. The van der Waals surface area contributed by atoms with Crippen molar-refractivity contribution < 1.29 is 9.53 Å². The van der Waals surface area contributed by atoms with Crippen molar-refractivity contribution in [1.29, 1.82) is 0 Å². The number of rotatable bonds is 3. The van der Waals surface area contributed by atoms with Gasteiger partial charge in [0, 0.05) is 12.7 Å². The minimum atomic E-state index is -0.300. The Kier molecular flexibility index (Phi) is 3.55. The molecule has 0 amide bonds. The van der Waals surface area contributed by atoms with E-state index in [1.807, 2.05) is 29.2 Å². The number of hydrogen-bond acceptors (Lipinski definition) is 4. The van der Waals surface area contributed by atoms with Gasteiger partial charge in [0.25, 0.3) is 0 Å². The first-order valence-electron chi connectivity index (χ1n) is 5.54. The van der Waals surface area contributed by atoms with Gasteiger partial charge in [0.2, 0.25) is 0 Å². The molecule has 1 aliphatic heterocycles. The average molecular weight is 230 g/mol. The maximum Gasteiger partial charge on any atom is 0.340 e. The Hall–Kier alpha value is -2.10. The van der Waals surface area contributed by atoms with Crippen LogP contribution >= 0.6 is 0 Å². The van der Waals surface area contributed by atoms with Gasteiger partial charge in [-0.25, -0.2) is 9.79 Å². The Bertz CT molecular complexity index is 466. The zero-order valence-corrected chi connectivity index (χ0v) is 9.67. The molecule has 88 valence electrons. The van der Waals surface area contributed by atoms with E-state index in [1.165, 1.54) is 0 Å². The lowest BCUT2D eigenvalue weighted by Gasteiger charge is -2.21. The third kappa shape index (κ3) is 2.53. The van der Waals surface area contributed by atoms with Gasteiger partial charge in [-0.15, -0.1) is 0 Å². The minimum Gasteiger partial charge on any atom is -0.462 e. The Balaban J connectivity index is 2.30. The largest absolute Gasteiger partial charge is 0.462 e. The Morgan fingerprint density at radius 2 is 2.29 bits per heavy atom. The second kappa shape index (κ2) is 5.30. The van der Waals surface area contributed by atoms with Gasteiger partial charge in [-0.2, -0.15) is 0 Å². The van der Waals surface area contributed by atoms with E-state index in [1.54, 1.807) is 25.5 Å². The van der Waals surface area contributed by atoms with E-state index in [-0.39, 0.29) is 5.97 Å². The third-order valence-electron chi connectivity index (χ3n) is 2.41. The molecule has 4 heteroatoms. The van der Waals surface area contributed by atoms with E-state index in [0.29, 0.717) is 18.7 Å². The molecule has 1 aromatic carbocycles. The second-order valence-electron chi connectivity index (χ2n) is 3.54. The van der Waals surface area contributed by atoms with Crippen LogP contribution in [-0.4, -0.2) is 25.5 Å². The van der Waals surface area contributed by atoms with Crippen molar-refractivity contribution in [3.63, 3.8) is 0 Å². The van der Waals surface area contributed by atoms with Gasteiger partial charge in [0.1, 0.15) is 0 Å². The SMILES string of the molecule is CCOC(=O)c1ccccc1N1C=NC=CC1. The quantitative estimate of drug-likeness (QED) is 0.748. The molecule has 0 bridgehead atoms. The smallest absolute Gasteiger partial charge is 0.340 e. The normalized spacial score (nSPS) is 13.8. The number of esters is 1. The molecule has 0 radical (unpaired) electrons. The molecule has 1 aliphatic rings. The summed E-state index contributed by atoms with van der Waals surface area (Å²) in [6.07, 6.45) is 5.38. The van der Waals surface area contributed by atoms with Gasteiger partial charge in [-0.3, -0.25) is 0 Å². The van der Waals surface area contributed by atoms with Gasteiger partial charge in [-0.1, -0.05) is 12.1 Å². The summed E-state index contributed by atoms with van der Waals surface area (Å²) in [6.45, 7) is 2.88. The van der Waals surface area contributed by atoms with Crippen LogP contribution in [-0.2, 0) is 4.74 Å². The molecule has 2 rings (SSSR count). The first-order valence-corrected chi connectivity index (χ1v) is 5.54.